The first-order chi connectivity index (χ1) is 12.3. The molecule has 27 heavy (non-hydrogen) atoms. The summed E-state index contributed by atoms with van der Waals surface area (Å²) in [5.41, 5.74) is 0.996. The number of rotatable bonds is 5. The maximum absolute atomic E-state index is 13.0. The fourth-order valence-electron chi connectivity index (χ4n) is 4.28. The number of aryl methyl sites for hydroxylation is 2. The molecule has 6 nitrogen and oxygen atoms in total. The Bertz CT molecular complexity index is 739. The molecule has 4 rings (SSSR count). The summed E-state index contributed by atoms with van der Waals surface area (Å²) in [7, 11) is 0. The highest BCUT2D eigenvalue weighted by Crippen LogP contribution is 2.44. The van der Waals surface area contributed by atoms with Crippen LogP contribution in [-0.2, 0) is 17.8 Å². The van der Waals surface area contributed by atoms with Crippen LogP contribution in [0.15, 0.2) is 36.8 Å². The second-order valence-corrected chi connectivity index (χ2v) is 7.25. The van der Waals surface area contributed by atoms with Crippen molar-refractivity contribution in [2.45, 2.75) is 38.6 Å². The van der Waals surface area contributed by atoms with Crippen LogP contribution in [-0.4, -0.2) is 33.8 Å². The number of nitrogens with zero attached hydrogens (tertiary/aromatic N) is 3. The Balaban J connectivity index is 0.00000131. The van der Waals surface area contributed by atoms with Crippen molar-refractivity contribution >= 4 is 36.5 Å². The third kappa shape index (κ3) is 4.62. The summed E-state index contributed by atoms with van der Waals surface area (Å²) in [6.45, 7) is 2.55. The number of aromatic nitrogens is 3. The second-order valence-electron chi connectivity index (χ2n) is 7.25. The molecule has 0 radical (unpaired) electrons. The maximum Gasteiger partial charge on any atom is 0.233 e. The molecule has 1 saturated carbocycles. The minimum Gasteiger partial charge on any atom is -0.315 e. The fraction of sp³-hybridized carbons (Fsp3) is 0.526. The predicted molar refractivity (Wildman–Crippen MR) is 111 cm³/mol. The zero-order valence-electron chi connectivity index (χ0n) is 15.3. The van der Waals surface area contributed by atoms with E-state index in [2.05, 4.69) is 20.7 Å². The minimum absolute atomic E-state index is 0. The van der Waals surface area contributed by atoms with Gasteiger partial charge >= 0.3 is 0 Å². The van der Waals surface area contributed by atoms with Crippen LogP contribution in [0.2, 0.25) is 0 Å². The Morgan fingerprint density at radius 2 is 2.07 bits per heavy atom. The number of fused-ring (bicyclic) bond motifs is 1. The Morgan fingerprint density at radius 3 is 2.89 bits per heavy atom. The normalized spacial score (nSPS) is 23.6. The van der Waals surface area contributed by atoms with Gasteiger partial charge in [-0.25, -0.2) is 0 Å². The van der Waals surface area contributed by atoms with E-state index in [1.54, 1.807) is 12.4 Å². The fourth-order valence-corrected chi connectivity index (χ4v) is 4.28. The molecule has 2 N–H and O–H groups in total. The maximum atomic E-state index is 13.0. The van der Waals surface area contributed by atoms with E-state index >= 15 is 0 Å². The number of hydrogen-bond donors (Lipinski definition) is 2. The molecular formula is C19H27Cl2N5O. The molecule has 1 saturated heterocycles. The van der Waals surface area contributed by atoms with Gasteiger partial charge in [0, 0.05) is 37.7 Å². The number of carbonyl (C=O) groups excluding carboxylic acids is 1. The summed E-state index contributed by atoms with van der Waals surface area (Å²) in [6.07, 6.45) is 11.0. The summed E-state index contributed by atoms with van der Waals surface area (Å²) in [6, 6.07) is 5.92. The molecule has 1 amide bonds. The van der Waals surface area contributed by atoms with E-state index in [0.29, 0.717) is 11.7 Å². The van der Waals surface area contributed by atoms with E-state index in [9.17, 15) is 4.79 Å². The van der Waals surface area contributed by atoms with Crippen LogP contribution in [0.5, 0.6) is 0 Å². The van der Waals surface area contributed by atoms with Crippen LogP contribution in [0.1, 0.15) is 31.2 Å². The molecule has 8 heteroatoms. The highest BCUT2D eigenvalue weighted by atomic mass is 35.5. The average molecular weight is 412 g/mol. The molecule has 2 aromatic rings. The van der Waals surface area contributed by atoms with Crippen molar-refractivity contribution in [1.29, 1.82) is 0 Å². The molecule has 0 unspecified atom stereocenters. The van der Waals surface area contributed by atoms with Gasteiger partial charge in [-0.05, 0) is 49.4 Å². The summed E-state index contributed by atoms with van der Waals surface area (Å²) in [4.78, 5) is 17.0. The Hall–Kier alpha value is -1.63. The Morgan fingerprint density at radius 1 is 1.26 bits per heavy atom. The SMILES string of the molecule is Cl.Cl.O=C(Nc1ccn(CCc2ccncc2)n1)[C@@]12CCCC[C@H]1CNC2. The van der Waals surface area contributed by atoms with Gasteiger partial charge in [-0.1, -0.05) is 12.8 Å². The van der Waals surface area contributed by atoms with Crippen molar-refractivity contribution in [2.24, 2.45) is 11.3 Å². The predicted octanol–water partition coefficient (Wildman–Crippen LogP) is 3.08. The molecule has 148 valence electrons. The average Bonchev–Trinajstić information content (AvgIpc) is 3.28. The molecule has 2 fully saturated rings. The smallest absolute Gasteiger partial charge is 0.233 e. The molecule has 0 bridgehead atoms. The molecule has 3 heterocycles. The van der Waals surface area contributed by atoms with Crippen molar-refractivity contribution in [3.8, 4) is 0 Å². The minimum atomic E-state index is -0.237. The molecule has 2 atom stereocenters. The second kappa shape index (κ2) is 9.53. The quantitative estimate of drug-likeness (QED) is 0.792. The summed E-state index contributed by atoms with van der Waals surface area (Å²) < 4.78 is 1.89. The number of hydrogen-bond acceptors (Lipinski definition) is 4. The third-order valence-electron chi connectivity index (χ3n) is 5.75. The van der Waals surface area contributed by atoms with E-state index in [4.69, 9.17) is 0 Å². The molecular weight excluding hydrogens is 385 g/mol. The third-order valence-corrected chi connectivity index (χ3v) is 5.75. The summed E-state index contributed by atoms with van der Waals surface area (Å²) in [5.74, 6) is 1.27. The summed E-state index contributed by atoms with van der Waals surface area (Å²) in [5, 5.41) is 11.0. The van der Waals surface area contributed by atoms with E-state index in [1.165, 1.54) is 12.0 Å². The van der Waals surface area contributed by atoms with Gasteiger partial charge in [0.2, 0.25) is 5.91 Å². The van der Waals surface area contributed by atoms with Crippen LogP contribution in [0.25, 0.3) is 0 Å². The Labute approximate surface area is 172 Å². The standard InChI is InChI=1S/C19H25N5O.2ClH/c25-18(19-8-2-1-3-16(19)13-21-14-19)22-17-7-12-24(23-17)11-6-15-4-9-20-10-5-15;;/h4-5,7,9-10,12,16,21H,1-3,6,8,11,13-14H2,(H,22,23,25);2*1H/t16-,19+;;/m0../s1. The van der Waals surface area contributed by atoms with Gasteiger partial charge in [-0.3, -0.25) is 14.5 Å². The van der Waals surface area contributed by atoms with Gasteiger partial charge < -0.3 is 10.6 Å². The molecule has 1 aliphatic carbocycles. The van der Waals surface area contributed by atoms with Crippen molar-refractivity contribution in [3.05, 3.63) is 42.4 Å². The zero-order valence-corrected chi connectivity index (χ0v) is 16.9. The topological polar surface area (TPSA) is 71.8 Å². The van der Waals surface area contributed by atoms with Crippen LogP contribution in [0.4, 0.5) is 5.82 Å². The number of carbonyl (C=O) groups is 1. The monoisotopic (exact) mass is 411 g/mol. The van der Waals surface area contributed by atoms with Gasteiger partial charge in [0.15, 0.2) is 5.82 Å². The van der Waals surface area contributed by atoms with Gasteiger partial charge in [0.1, 0.15) is 0 Å². The van der Waals surface area contributed by atoms with Crippen molar-refractivity contribution < 1.29 is 4.79 Å². The molecule has 1 aliphatic heterocycles. The number of anilines is 1. The van der Waals surface area contributed by atoms with Crippen molar-refractivity contribution in [1.82, 2.24) is 20.1 Å². The molecule has 2 aliphatic rings. The van der Waals surface area contributed by atoms with E-state index in [0.717, 1.165) is 45.3 Å². The van der Waals surface area contributed by atoms with Crippen molar-refractivity contribution in [3.63, 3.8) is 0 Å². The zero-order chi connectivity index (χ0) is 17.1. The molecule has 0 spiro atoms. The lowest BCUT2D eigenvalue weighted by Gasteiger charge is -2.36. The lowest BCUT2D eigenvalue weighted by Crippen LogP contribution is -2.44. The first-order valence-corrected chi connectivity index (χ1v) is 9.21. The highest BCUT2D eigenvalue weighted by Gasteiger charge is 2.49. The van der Waals surface area contributed by atoms with E-state index in [-0.39, 0.29) is 36.1 Å². The summed E-state index contributed by atoms with van der Waals surface area (Å²) >= 11 is 0. The number of halogens is 2. The van der Waals surface area contributed by atoms with Crippen LogP contribution in [0, 0.1) is 11.3 Å². The molecule has 2 aromatic heterocycles. The van der Waals surface area contributed by atoms with Gasteiger partial charge in [-0.15, -0.1) is 24.8 Å². The number of nitrogens with one attached hydrogen (secondary N) is 2. The van der Waals surface area contributed by atoms with Crippen LogP contribution < -0.4 is 10.6 Å². The van der Waals surface area contributed by atoms with Gasteiger partial charge in [-0.2, -0.15) is 5.10 Å². The highest BCUT2D eigenvalue weighted by molar-refractivity contribution is 5.95. The first-order valence-electron chi connectivity index (χ1n) is 9.21. The van der Waals surface area contributed by atoms with E-state index in [1.807, 2.05) is 29.1 Å². The van der Waals surface area contributed by atoms with E-state index < -0.39 is 0 Å². The lowest BCUT2D eigenvalue weighted by atomic mass is 9.67. The number of pyridine rings is 1. The van der Waals surface area contributed by atoms with Crippen molar-refractivity contribution in [2.75, 3.05) is 18.4 Å². The van der Waals surface area contributed by atoms with Gasteiger partial charge in [0.05, 0.1) is 5.41 Å². The first kappa shape index (κ1) is 21.7. The van der Waals surface area contributed by atoms with Crippen LogP contribution >= 0.6 is 24.8 Å². The Kier molecular flexibility index (Phi) is 7.65. The largest absolute Gasteiger partial charge is 0.315 e. The molecule has 0 aromatic carbocycles. The lowest BCUT2D eigenvalue weighted by molar-refractivity contribution is -0.128. The van der Waals surface area contributed by atoms with Gasteiger partial charge in [0.25, 0.3) is 0 Å². The van der Waals surface area contributed by atoms with Crippen LogP contribution in [0.3, 0.4) is 0 Å². The number of amides is 1.